The molecule has 1 rings (SSSR count). The highest BCUT2D eigenvalue weighted by atomic mass is 79.9. The average molecular weight is 333 g/mol. The Bertz CT molecular complexity index is 501. The van der Waals surface area contributed by atoms with Crippen LogP contribution in [0.25, 0.3) is 0 Å². The van der Waals surface area contributed by atoms with Crippen LogP contribution in [0.4, 0.5) is 0 Å². The van der Waals surface area contributed by atoms with E-state index in [1.54, 1.807) is 6.07 Å². The van der Waals surface area contributed by atoms with Crippen LogP contribution in [0.1, 0.15) is 10.4 Å². The fourth-order valence-corrected chi connectivity index (χ4v) is 1.89. The Morgan fingerprint density at radius 2 is 1.68 bits per heavy atom. The third-order valence-corrected chi connectivity index (χ3v) is 2.94. The number of aliphatic hydroxyl groups is 1. The van der Waals surface area contributed by atoms with Crippen molar-refractivity contribution in [2.24, 2.45) is 0 Å². The summed E-state index contributed by atoms with van der Waals surface area (Å²) in [6, 6.07) is 7.06. The number of benzene rings is 1. The van der Waals surface area contributed by atoms with Gasteiger partial charge in [0.05, 0.1) is 0 Å². The second kappa shape index (κ2) is 5.91. The Labute approximate surface area is 115 Å². The van der Waals surface area contributed by atoms with Crippen LogP contribution in [0.15, 0.2) is 30.3 Å². The molecule has 0 radical (unpaired) electrons. The van der Waals surface area contributed by atoms with E-state index in [-0.39, 0.29) is 5.56 Å². The second-order valence-electron chi connectivity index (χ2n) is 3.55. The lowest BCUT2D eigenvalue weighted by molar-refractivity contribution is -0.170. The first-order valence-corrected chi connectivity index (χ1v) is 5.56. The minimum absolute atomic E-state index is 0.107. The Morgan fingerprint density at radius 1 is 1.16 bits per heavy atom. The molecule has 0 fully saturated rings. The van der Waals surface area contributed by atoms with E-state index in [9.17, 15) is 19.5 Å². The van der Waals surface area contributed by atoms with Crippen molar-refractivity contribution < 1.29 is 33.5 Å². The van der Waals surface area contributed by atoms with Gasteiger partial charge in [-0.25, -0.2) is 9.59 Å². The van der Waals surface area contributed by atoms with Gasteiger partial charge in [-0.15, -0.1) is 0 Å². The number of ketones is 1. The Hall–Kier alpha value is -1.77. The van der Waals surface area contributed by atoms with Crippen LogP contribution in [0, 0.1) is 0 Å². The number of hydrogen-bond acceptors (Lipinski definition) is 5. The maximum absolute atomic E-state index is 12.1. The van der Waals surface area contributed by atoms with Crippen LogP contribution in [0.5, 0.6) is 0 Å². The zero-order valence-corrected chi connectivity index (χ0v) is 10.9. The van der Waals surface area contributed by atoms with E-state index < -0.39 is 29.4 Å². The summed E-state index contributed by atoms with van der Waals surface area (Å²) in [4.78, 5) is 34.1. The molecule has 0 saturated heterocycles. The Morgan fingerprint density at radius 3 is 2.05 bits per heavy atom. The van der Waals surface area contributed by atoms with E-state index in [1.807, 2.05) is 0 Å². The van der Waals surface area contributed by atoms with Crippen molar-refractivity contribution in [3.63, 3.8) is 0 Å². The zero-order chi connectivity index (χ0) is 14.6. The molecule has 7 nitrogen and oxygen atoms in total. The van der Waals surface area contributed by atoms with Gasteiger partial charge < -0.3 is 15.3 Å². The predicted octanol–water partition coefficient (Wildman–Crippen LogP) is 0.465. The van der Waals surface area contributed by atoms with Crippen molar-refractivity contribution in [3.05, 3.63) is 35.9 Å². The molecule has 3 N–H and O–H groups in total. The first-order chi connectivity index (χ1) is 8.87. The monoisotopic (exact) mass is 332 g/mol. The summed E-state index contributed by atoms with van der Waals surface area (Å²) in [5, 5.41) is 27.3. The lowest BCUT2D eigenvalue weighted by atomic mass is 9.87. The van der Waals surface area contributed by atoms with Gasteiger partial charge in [-0.05, 0) is 0 Å². The zero-order valence-electron chi connectivity index (χ0n) is 9.32. The third kappa shape index (κ3) is 2.65. The average Bonchev–Trinajstić information content (AvgIpc) is 2.40. The number of carbonyl (C=O) groups is 3. The van der Waals surface area contributed by atoms with E-state index in [2.05, 4.69) is 20.1 Å². The van der Waals surface area contributed by atoms with Gasteiger partial charge in [0, 0.05) is 5.56 Å². The van der Waals surface area contributed by atoms with Crippen molar-refractivity contribution in [2.45, 2.75) is 11.7 Å². The summed E-state index contributed by atoms with van der Waals surface area (Å²) in [5.41, 5.74) is -3.07. The summed E-state index contributed by atoms with van der Waals surface area (Å²) in [6.45, 7) is 0. The second-order valence-corrected chi connectivity index (χ2v) is 3.88. The van der Waals surface area contributed by atoms with Crippen molar-refractivity contribution in [1.82, 2.24) is 0 Å². The molecule has 8 heteroatoms. The highest BCUT2D eigenvalue weighted by Gasteiger charge is 2.57. The van der Waals surface area contributed by atoms with Crippen molar-refractivity contribution in [1.29, 1.82) is 0 Å². The predicted molar refractivity (Wildman–Crippen MR) is 64.8 cm³/mol. The maximum atomic E-state index is 12.1. The molecule has 0 spiro atoms. The van der Waals surface area contributed by atoms with Crippen LogP contribution < -0.4 is 0 Å². The Balaban J connectivity index is 3.36. The van der Waals surface area contributed by atoms with Crippen LogP contribution in [-0.2, 0) is 13.4 Å². The molecule has 0 saturated carbocycles. The molecule has 0 bridgehead atoms. The fraction of sp³-hybridized carbons (Fsp3) is 0.182. The number of carboxylic acid groups (broad SMARTS) is 2. The van der Waals surface area contributed by atoms with Crippen molar-refractivity contribution in [2.75, 3.05) is 0 Å². The molecule has 0 heterocycles. The standard InChI is InChI=1S/C11H9BrO7/c12-19-11(10(17)18,8(14)9(15)16)7(13)6-4-2-1-3-5-6/h1-5,8,14H,(H,15,16)(H,17,18)/t8-,11+/m1/s1. The number of aliphatic hydroxyl groups excluding tert-OH is 1. The van der Waals surface area contributed by atoms with Gasteiger partial charge in [-0.1, -0.05) is 30.3 Å². The first-order valence-electron chi connectivity index (χ1n) is 4.91. The van der Waals surface area contributed by atoms with Crippen molar-refractivity contribution >= 4 is 34.0 Å². The summed E-state index contributed by atoms with van der Waals surface area (Å²) in [6.07, 6.45) is -2.57. The molecule has 102 valence electrons. The highest BCUT2D eigenvalue weighted by molar-refractivity contribution is 9.06. The lowest BCUT2D eigenvalue weighted by Gasteiger charge is -2.27. The summed E-state index contributed by atoms with van der Waals surface area (Å²) < 4.78 is 4.37. The van der Waals surface area contributed by atoms with Crippen LogP contribution in [0.3, 0.4) is 0 Å². The van der Waals surface area contributed by atoms with Gasteiger partial charge >= 0.3 is 11.9 Å². The highest BCUT2D eigenvalue weighted by Crippen LogP contribution is 2.26. The van der Waals surface area contributed by atoms with E-state index in [0.717, 1.165) is 0 Å². The lowest BCUT2D eigenvalue weighted by Crippen LogP contribution is -2.59. The normalized spacial score (nSPS) is 15.3. The molecule has 0 aliphatic carbocycles. The molecule has 1 aromatic rings. The summed E-state index contributed by atoms with van der Waals surface area (Å²) in [7, 11) is 0. The van der Waals surface area contributed by atoms with E-state index >= 15 is 0 Å². The molecule has 0 unspecified atom stereocenters. The summed E-state index contributed by atoms with van der Waals surface area (Å²) in [5.74, 6) is -5.01. The molecular formula is C11H9BrO7. The number of halogens is 1. The van der Waals surface area contributed by atoms with Crippen LogP contribution >= 0.6 is 16.3 Å². The molecule has 19 heavy (non-hydrogen) atoms. The minimum Gasteiger partial charge on any atom is -0.479 e. The number of carbonyl (C=O) groups excluding carboxylic acids is 1. The van der Waals surface area contributed by atoms with Gasteiger partial charge in [-0.3, -0.25) is 8.62 Å². The molecule has 0 aromatic heterocycles. The van der Waals surface area contributed by atoms with Gasteiger partial charge in [0.2, 0.25) is 11.9 Å². The van der Waals surface area contributed by atoms with Gasteiger partial charge in [0.15, 0.2) is 0 Å². The Kier molecular flexibility index (Phi) is 4.76. The third-order valence-electron chi connectivity index (χ3n) is 2.43. The van der Waals surface area contributed by atoms with Crippen LogP contribution in [0.2, 0.25) is 0 Å². The molecule has 0 aliphatic heterocycles. The maximum Gasteiger partial charge on any atom is 0.348 e. The SMILES string of the molecule is O=C(O)[C@@H](O)[C@](OBr)(C(=O)O)C(=O)c1ccccc1. The van der Waals surface area contributed by atoms with E-state index in [4.69, 9.17) is 10.2 Å². The summed E-state index contributed by atoms with van der Waals surface area (Å²) >= 11 is 2.32. The molecular weight excluding hydrogens is 324 g/mol. The quantitative estimate of drug-likeness (QED) is 0.511. The molecule has 1 aromatic carbocycles. The molecule has 0 aliphatic rings. The number of Topliss-reactive ketones (excluding diaryl/α,β-unsaturated/α-hetero) is 1. The number of hydrogen-bond donors (Lipinski definition) is 3. The van der Waals surface area contributed by atoms with E-state index in [0.29, 0.717) is 0 Å². The minimum atomic E-state index is -2.97. The number of aliphatic carboxylic acids is 2. The fourth-order valence-electron chi connectivity index (χ4n) is 1.43. The van der Waals surface area contributed by atoms with Gasteiger partial charge in [-0.2, -0.15) is 0 Å². The van der Waals surface area contributed by atoms with E-state index in [1.165, 1.54) is 24.3 Å². The topological polar surface area (TPSA) is 121 Å². The first kappa shape index (κ1) is 15.3. The smallest absolute Gasteiger partial charge is 0.348 e. The van der Waals surface area contributed by atoms with Gasteiger partial charge in [0.1, 0.15) is 16.3 Å². The number of carboxylic acids is 2. The van der Waals surface area contributed by atoms with Crippen molar-refractivity contribution in [3.8, 4) is 0 Å². The molecule has 2 atom stereocenters. The largest absolute Gasteiger partial charge is 0.479 e. The number of rotatable bonds is 6. The van der Waals surface area contributed by atoms with Gasteiger partial charge in [0.25, 0.3) is 5.60 Å². The van der Waals surface area contributed by atoms with Crippen LogP contribution in [-0.4, -0.2) is 44.7 Å². The molecule has 0 amide bonds.